The molecule has 7 nitrogen and oxygen atoms in total. The van der Waals surface area contributed by atoms with Gasteiger partial charge in [0.25, 0.3) is 5.91 Å². The van der Waals surface area contributed by atoms with Crippen molar-refractivity contribution in [1.29, 1.82) is 0 Å². The average molecular weight is 477 g/mol. The number of rotatable bonds is 4. The van der Waals surface area contributed by atoms with Crippen LogP contribution in [0.1, 0.15) is 35.2 Å². The molecule has 0 unspecified atom stereocenters. The molecule has 0 bridgehead atoms. The number of ether oxygens (including phenoxy) is 2. The van der Waals surface area contributed by atoms with Gasteiger partial charge in [-0.3, -0.25) is 14.7 Å². The van der Waals surface area contributed by atoms with Crippen LogP contribution in [-0.2, 0) is 6.54 Å². The maximum Gasteiger partial charge on any atom is 0.257 e. The van der Waals surface area contributed by atoms with E-state index in [4.69, 9.17) is 9.47 Å². The van der Waals surface area contributed by atoms with Crippen LogP contribution in [-0.4, -0.2) is 66.8 Å². The van der Waals surface area contributed by atoms with Crippen molar-refractivity contribution in [3.05, 3.63) is 59.5 Å². The molecule has 0 radical (unpaired) electrons. The number of piperidine rings is 1. The van der Waals surface area contributed by atoms with E-state index < -0.39 is 0 Å². The summed E-state index contributed by atoms with van der Waals surface area (Å²) in [5.74, 6) is 1.28. The Kier molecular flexibility index (Phi) is 5.90. The Morgan fingerprint density at radius 2 is 1.71 bits per heavy atom. The summed E-state index contributed by atoms with van der Waals surface area (Å²) < 4.78 is 25.2. The van der Waals surface area contributed by atoms with Gasteiger partial charge in [0, 0.05) is 57.4 Å². The van der Waals surface area contributed by atoms with Crippen LogP contribution in [0.25, 0.3) is 10.9 Å². The first-order valence-corrected chi connectivity index (χ1v) is 12.4. The number of amides is 1. The lowest BCUT2D eigenvalue weighted by Crippen LogP contribution is -2.47. The van der Waals surface area contributed by atoms with Crippen molar-refractivity contribution >= 4 is 22.5 Å². The summed E-state index contributed by atoms with van der Waals surface area (Å²) >= 11 is 0. The minimum absolute atomic E-state index is 0.00107. The molecule has 0 spiro atoms. The van der Waals surface area contributed by atoms with Crippen LogP contribution >= 0.6 is 0 Å². The lowest BCUT2D eigenvalue weighted by molar-refractivity contribution is 0.0724. The third-order valence-electron chi connectivity index (χ3n) is 7.21. The molecule has 4 heterocycles. The van der Waals surface area contributed by atoms with Gasteiger partial charge in [-0.15, -0.1) is 0 Å². The highest BCUT2D eigenvalue weighted by molar-refractivity contribution is 6.07. The predicted octanol–water partition coefficient (Wildman–Crippen LogP) is 4.05. The van der Waals surface area contributed by atoms with Gasteiger partial charge in [0.1, 0.15) is 5.82 Å². The molecule has 2 saturated heterocycles. The highest BCUT2D eigenvalue weighted by atomic mass is 19.1. The van der Waals surface area contributed by atoms with E-state index in [1.54, 1.807) is 12.3 Å². The molecule has 2 fully saturated rings. The number of aromatic nitrogens is 1. The monoisotopic (exact) mass is 476 g/mol. The Hall–Kier alpha value is -3.39. The molecule has 1 amide bonds. The van der Waals surface area contributed by atoms with Gasteiger partial charge in [0.2, 0.25) is 6.79 Å². The van der Waals surface area contributed by atoms with Gasteiger partial charge in [0.15, 0.2) is 11.5 Å². The Labute approximate surface area is 204 Å². The molecule has 3 aliphatic rings. The number of nitrogens with zero attached hydrogens (tertiary/aromatic N) is 4. The fraction of sp³-hybridized carbons (Fsp3) is 0.407. The number of halogens is 1. The first-order chi connectivity index (χ1) is 17.2. The van der Waals surface area contributed by atoms with Crippen molar-refractivity contribution in [2.75, 3.05) is 51.0 Å². The molecule has 0 aliphatic carbocycles. The molecule has 0 atom stereocenters. The van der Waals surface area contributed by atoms with Crippen molar-refractivity contribution in [3.63, 3.8) is 0 Å². The number of hydrogen-bond acceptors (Lipinski definition) is 6. The third kappa shape index (κ3) is 4.38. The minimum atomic E-state index is -0.315. The number of benzene rings is 2. The van der Waals surface area contributed by atoms with Crippen LogP contribution in [0.4, 0.5) is 10.1 Å². The number of anilines is 1. The number of piperazine rings is 1. The van der Waals surface area contributed by atoms with E-state index in [9.17, 15) is 9.18 Å². The summed E-state index contributed by atoms with van der Waals surface area (Å²) in [5.41, 5.74) is 3.28. The Morgan fingerprint density at radius 3 is 2.54 bits per heavy atom. The summed E-state index contributed by atoms with van der Waals surface area (Å²) in [5, 5.41) is 0.706. The van der Waals surface area contributed by atoms with Crippen LogP contribution in [0.5, 0.6) is 11.5 Å². The van der Waals surface area contributed by atoms with Gasteiger partial charge >= 0.3 is 0 Å². The predicted molar refractivity (Wildman–Crippen MR) is 132 cm³/mol. The molecular formula is C27H29FN4O3. The summed E-state index contributed by atoms with van der Waals surface area (Å²) in [6.07, 6.45) is 4.89. The molecule has 3 aliphatic heterocycles. The Morgan fingerprint density at radius 1 is 0.914 bits per heavy atom. The maximum atomic E-state index is 14.3. The molecule has 6 rings (SSSR count). The van der Waals surface area contributed by atoms with Gasteiger partial charge in [0.05, 0.1) is 16.8 Å². The molecule has 0 N–H and O–H groups in total. The number of carbonyl (C=O) groups excluding carboxylic acids is 1. The SMILES string of the molecule is O=C(c1cnc2ccc(F)cc2c1N1CCN(Cc2ccc3c(c2)OCO3)CC1)N1CCCCC1. The smallest absolute Gasteiger partial charge is 0.257 e. The topological polar surface area (TPSA) is 58.1 Å². The Balaban J connectivity index is 1.25. The summed E-state index contributed by atoms with van der Waals surface area (Å²) in [7, 11) is 0. The zero-order valence-electron chi connectivity index (χ0n) is 19.7. The zero-order valence-corrected chi connectivity index (χ0v) is 19.7. The second kappa shape index (κ2) is 9.34. The molecule has 3 aromatic rings. The standard InChI is InChI=1S/C27H29FN4O3/c28-20-5-6-23-21(15-20)26(22(16-29-23)27(33)32-8-2-1-3-9-32)31-12-10-30(11-13-31)17-19-4-7-24-25(14-19)35-18-34-24/h4-7,14-16H,1-3,8-13,17-18H2. The van der Waals surface area contributed by atoms with Crippen LogP contribution in [0, 0.1) is 5.82 Å². The highest BCUT2D eigenvalue weighted by Crippen LogP contribution is 2.34. The molecule has 182 valence electrons. The second-order valence-corrected chi connectivity index (χ2v) is 9.49. The summed E-state index contributed by atoms with van der Waals surface area (Å²) in [6, 6.07) is 10.7. The first kappa shape index (κ1) is 22.1. The van der Waals surface area contributed by atoms with Crippen molar-refractivity contribution in [3.8, 4) is 11.5 Å². The average Bonchev–Trinajstić information content (AvgIpc) is 3.37. The molecule has 2 aromatic carbocycles. The van der Waals surface area contributed by atoms with E-state index in [2.05, 4.69) is 20.9 Å². The van der Waals surface area contributed by atoms with Gasteiger partial charge in [-0.25, -0.2) is 4.39 Å². The lowest BCUT2D eigenvalue weighted by Gasteiger charge is -2.38. The highest BCUT2D eigenvalue weighted by Gasteiger charge is 2.28. The van der Waals surface area contributed by atoms with Crippen LogP contribution in [0.15, 0.2) is 42.6 Å². The van der Waals surface area contributed by atoms with Crippen molar-refractivity contribution < 1.29 is 18.7 Å². The van der Waals surface area contributed by atoms with E-state index in [1.165, 1.54) is 17.7 Å². The van der Waals surface area contributed by atoms with Crippen LogP contribution < -0.4 is 14.4 Å². The van der Waals surface area contributed by atoms with Crippen LogP contribution in [0.2, 0.25) is 0 Å². The number of hydrogen-bond donors (Lipinski definition) is 0. The molecule has 0 saturated carbocycles. The zero-order chi connectivity index (χ0) is 23.8. The molecular weight excluding hydrogens is 447 g/mol. The third-order valence-corrected chi connectivity index (χ3v) is 7.21. The van der Waals surface area contributed by atoms with E-state index in [0.717, 1.165) is 82.3 Å². The fourth-order valence-electron chi connectivity index (χ4n) is 5.34. The fourth-order valence-corrected chi connectivity index (χ4v) is 5.34. The van der Waals surface area contributed by atoms with Crippen molar-refractivity contribution in [2.24, 2.45) is 0 Å². The van der Waals surface area contributed by atoms with Gasteiger partial charge < -0.3 is 19.3 Å². The first-order valence-electron chi connectivity index (χ1n) is 12.4. The van der Waals surface area contributed by atoms with Gasteiger partial charge in [-0.1, -0.05) is 6.07 Å². The molecule has 35 heavy (non-hydrogen) atoms. The second-order valence-electron chi connectivity index (χ2n) is 9.49. The summed E-state index contributed by atoms with van der Waals surface area (Å²) in [6.45, 7) is 5.80. The quantitative estimate of drug-likeness (QED) is 0.566. The van der Waals surface area contributed by atoms with E-state index in [-0.39, 0.29) is 18.5 Å². The van der Waals surface area contributed by atoms with Crippen LogP contribution in [0.3, 0.4) is 0 Å². The number of likely N-dealkylation sites (tertiary alicyclic amines) is 1. The molecule has 8 heteroatoms. The van der Waals surface area contributed by atoms with Crippen molar-refractivity contribution in [1.82, 2.24) is 14.8 Å². The number of pyridine rings is 1. The van der Waals surface area contributed by atoms with Gasteiger partial charge in [-0.2, -0.15) is 0 Å². The normalized spacial score (nSPS) is 18.3. The lowest BCUT2D eigenvalue weighted by atomic mass is 10.0. The minimum Gasteiger partial charge on any atom is -0.454 e. The van der Waals surface area contributed by atoms with E-state index in [1.807, 2.05) is 17.0 Å². The van der Waals surface area contributed by atoms with E-state index >= 15 is 0 Å². The molecule has 1 aromatic heterocycles. The Bertz CT molecular complexity index is 1250. The van der Waals surface area contributed by atoms with Crippen molar-refractivity contribution in [2.45, 2.75) is 25.8 Å². The maximum absolute atomic E-state index is 14.3. The van der Waals surface area contributed by atoms with Gasteiger partial charge in [-0.05, 0) is 55.2 Å². The summed E-state index contributed by atoms with van der Waals surface area (Å²) in [4.78, 5) is 24.6. The number of carbonyl (C=O) groups is 1. The largest absolute Gasteiger partial charge is 0.454 e. The van der Waals surface area contributed by atoms with E-state index in [0.29, 0.717) is 16.5 Å². The number of fused-ring (bicyclic) bond motifs is 2.